The molecule has 0 unspecified atom stereocenters. The van der Waals surface area contributed by atoms with Crippen molar-refractivity contribution < 1.29 is 17.9 Å². The van der Waals surface area contributed by atoms with Crippen LogP contribution in [-0.2, 0) is 14.8 Å². The summed E-state index contributed by atoms with van der Waals surface area (Å²) in [6, 6.07) is 4.69. The molecule has 0 aliphatic carbocycles. The minimum atomic E-state index is -3.73. The lowest BCUT2D eigenvalue weighted by molar-refractivity contribution is -0.125. The molecule has 7 nitrogen and oxygen atoms in total. The van der Waals surface area contributed by atoms with Gasteiger partial charge in [0.15, 0.2) is 0 Å². The SMILES string of the molecule is CCOc1ccc(NC(=O)C(CC)(CC)CN)cc1S(=O)(=O)N(CC)CC. The highest BCUT2D eigenvalue weighted by Gasteiger charge is 2.34. The number of nitrogens with one attached hydrogen (secondary N) is 1. The van der Waals surface area contributed by atoms with Gasteiger partial charge in [0.05, 0.1) is 12.0 Å². The van der Waals surface area contributed by atoms with Crippen LogP contribution in [0.3, 0.4) is 0 Å². The first kappa shape index (κ1) is 23.4. The topological polar surface area (TPSA) is 102 Å². The molecule has 0 heterocycles. The van der Waals surface area contributed by atoms with Crippen molar-refractivity contribution >= 4 is 21.6 Å². The Morgan fingerprint density at radius 3 is 2.19 bits per heavy atom. The van der Waals surface area contributed by atoms with Crippen LogP contribution in [0.25, 0.3) is 0 Å². The van der Waals surface area contributed by atoms with Gasteiger partial charge in [0, 0.05) is 25.3 Å². The standard InChI is InChI=1S/C19H33N3O4S/c1-6-19(7-2,14-20)18(23)21-15-11-12-16(26-10-5)17(13-15)27(24,25)22(8-3)9-4/h11-13H,6-10,14,20H2,1-5H3,(H,21,23). The van der Waals surface area contributed by atoms with E-state index in [-0.39, 0.29) is 23.1 Å². The lowest BCUT2D eigenvalue weighted by Crippen LogP contribution is -2.41. The van der Waals surface area contributed by atoms with Crippen molar-refractivity contribution in [2.75, 3.05) is 31.6 Å². The van der Waals surface area contributed by atoms with Crippen LogP contribution >= 0.6 is 0 Å². The van der Waals surface area contributed by atoms with E-state index in [1.165, 1.54) is 10.4 Å². The van der Waals surface area contributed by atoms with Gasteiger partial charge in [0.2, 0.25) is 15.9 Å². The predicted octanol–water partition coefficient (Wildman–Crippen LogP) is 2.82. The third-order valence-electron chi connectivity index (χ3n) is 5.05. The van der Waals surface area contributed by atoms with E-state index in [2.05, 4.69) is 5.32 Å². The Kier molecular flexibility index (Phi) is 8.71. The first-order valence-electron chi connectivity index (χ1n) is 9.54. The molecule has 27 heavy (non-hydrogen) atoms. The highest BCUT2D eigenvalue weighted by atomic mass is 32.2. The number of carbonyl (C=O) groups is 1. The molecule has 0 aliphatic heterocycles. The Hall–Kier alpha value is -1.64. The van der Waals surface area contributed by atoms with E-state index in [9.17, 15) is 13.2 Å². The maximum absolute atomic E-state index is 13.0. The Labute approximate surface area is 163 Å². The van der Waals surface area contributed by atoms with Gasteiger partial charge in [0.25, 0.3) is 0 Å². The van der Waals surface area contributed by atoms with Crippen molar-refractivity contribution in [1.29, 1.82) is 0 Å². The zero-order chi connectivity index (χ0) is 20.7. The summed E-state index contributed by atoms with van der Waals surface area (Å²) in [6.45, 7) is 10.5. The van der Waals surface area contributed by atoms with Gasteiger partial charge >= 0.3 is 0 Å². The van der Waals surface area contributed by atoms with Crippen LogP contribution in [0.5, 0.6) is 5.75 Å². The van der Waals surface area contributed by atoms with E-state index in [1.807, 2.05) is 13.8 Å². The molecule has 0 radical (unpaired) electrons. The molecule has 8 heteroatoms. The molecule has 1 amide bonds. The summed E-state index contributed by atoms with van der Waals surface area (Å²) in [4.78, 5) is 12.8. The molecule has 0 saturated heterocycles. The van der Waals surface area contributed by atoms with E-state index in [4.69, 9.17) is 10.5 Å². The third kappa shape index (κ3) is 5.00. The van der Waals surface area contributed by atoms with Gasteiger partial charge in [-0.3, -0.25) is 4.79 Å². The van der Waals surface area contributed by atoms with Crippen molar-refractivity contribution in [2.45, 2.75) is 52.4 Å². The number of hydrogen-bond acceptors (Lipinski definition) is 5. The molecule has 0 spiro atoms. The fraction of sp³-hybridized carbons (Fsp3) is 0.632. The van der Waals surface area contributed by atoms with E-state index in [0.29, 0.717) is 38.2 Å². The quantitative estimate of drug-likeness (QED) is 0.596. The number of amides is 1. The normalized spacial score (nSPS) is 12.3. The smallest absolute Gasteiger partial charge is 0.246 e. The number of sulfonamides is 1. The number of nitrogens with zero attached hydrogens (tertiary/aromatic N) is 1. The summed E-state index contributed by atoms with van der Waals surface area (Å²) in [5.74, 6) is 0.0730. The fourth-order valence-corrected chi connectivity index (χ4v) is 4.60. The fourth-order valence-electron chi connectivity index (χ4n) is 2.98. The van der Waals surface area contributed by atoms with Crippen LogP contribution < -0.4 is 15.8 Å². The lowest BCUT2D eigenvalue weighted by Gasteiger charge is -2.28. The number of carbonyl (C=O) groups excluding carboxylic acids is 1. The van der Waals surface area contributed by atoms with E-state index < -0.39 is 15.4 Å². The summed E-state index contributed by atoms with van der Waals surface area (Å²) in [5, 5.41) is 2.83. The summed E-state index contributed by atoms with van der Waals surface area (Å²) >= 11 is 0. The molecule has 3 N–H and O–H groups in total. The van der Waals surface area contributed by atoms with E-state index in [1.54, 1.807) is 32.9 Å². The summed E-state index contributed by atoms with van der Waals surface area (Å²) in [6.07, 6.45) is 1.21. The average Bonchev–Trinajstić information content (AvgIpc) is 2.65. The molecule has 154 valence electrons. The van der Waals surface area contributed by atoms with Gasteiger partial charge in [-0.15, -0.1) is 0 Å². The number of rotatable bonds is 11. The molecule has 0 bridgehead atoms. The van der Waals surface area contributed by atoms with Gasteiger partial charge in [-0.25, -0.2) is 8.42 Å². The van der Waals surface area contributed by atoms with Crippen LogP contribution in [0.2, 0.25) is 0 Å². The van der Waals surface area contributed by atoms with Crippen LogP contribution in [0.1, 0.15) is 47.5 Å². The highest BCUT2D eigenvalue weighted by Crippen LogP contribution is 2.32. The van der Waals surface area contributed by atoms with Crippen molar-refractivity contribution in [1.82, 2.24) is 4.31 Å². The van der Waals surface area contributed by atoms with Gasteiger partial charge < -0.3 is 15.8 Å². The first-order valence-corrected chi connectivity index (χ1v) is 11.0. The van der Waals surface area contributed by atoms with Crippen molar-refractivity contribution in [3.63, 3.8) is 0 Å². The van der Waals surface area contributed by atoms with Crippen LogP contribution in [0.15, 0.2) is 23.1 Å². The number of benzene rings is 1. The van der Waals surface area contributed by atoms with Gasteiger partial charge in [-0.05, 0) is 38.0 Å². The van der Waals surface area contributed by atoms with Gasteiger partial charge in [-0.1, -0.05) is 27.7 Å². The second-order valence-corrected chi connectivity index (χ2v) is 8.24. The molecule has 0 atom stereocenters. The lowest BCUT2D eigenvalue weighted by atomic mass is 9.81. The van der Waals surface area contributed by atoms with E-state index in [0.717, 1.165) is 0 Å². The Bertz CT molecular complexity index is 718. The first-order chi connectivity index (χ1) is 12.8. The second-order valence-electron chi connectivity index (χ2n) is 6.33. The zero-order valence-corrected chi connectivity index (χ0v) is 17.9. The highest BCUT2D eigenvalue weighted by molar-refractivity contribution is 7.89. The molecule has 0 saturated carbocycles. The van der Waals surface area contributed by atoms with Crippen molar-refractivity contribution in [3.05, 3.63) is 18.2 Å². The summed E-state index contributed by atoms with van der Waals surface area (Å²) in [7, 11) is -3.73. The Morgan fingerprint density at radius 1 is 1.15 bits per heavy atom. The van der Waals surface area contributed by atoms with E-state index >= 15 is 0 Å². The number of ether oxygens (including phenoxy) is 1. The maximum atomic E-state index is 13.0. The van der Waals surface area contributed by atoms with Crippen LogP contribution in [0.4, 0.5) is 5.69 Å². The minimum absolute atomic E-state index is 0.0530. The maximum Gasteiger partial charge on any atom is 0.246 e. The zero-order valence-electron chi connectivity index (χ0n) is 17.0. The molecular weight excluding hydrogens is 366 g/mol. The third-order valence-corrected chi connectivity index (χ3v) is 7.12. The van der Waals surface area contributed by atoms with Crippen molar-refractivity contribution in [3.8, 4) is 5.75 Å². The average molecular weight is 400 g/mol. The number of hydrogen-bond donors (Lipinski definition) is 2. The summed E-state index contributed by atoms with van der Waals surface area (Å²) < 4.78 is 32.9. The minimum Gasteiger partial charge on any atom is -0.492 e. The molecule has 0 aromatic heterocycles. The number of anilines is 1. The number of nitrogens with two attached hydrogens (primary N) is 1. The molecule has 1 aromatic rings. The molecule has 1 aromatic carbocycles. The molecule has 0 aliphatic rings. The van der Waals surface area contributed by atoms with Crippen molar-refractivity contribution in [2.24, 2.45) is 11.1 Å². The van der Waals surface area contributed by atoms with Gasteiger partial charge in [-0.2, -0.15) is 4.31 Å². The summed E-state index contributed by atoms with van der Waals surface area (Å²) in [5.41, 5.74) is 5.58. The predicted molar refractivity (Wildman–Crippen MR) is 108 cm³/mol. The molecular formula is C19H33N3O4S. The van der Waals surface area contributed by atoms with Crippen LogP contribution in [-0.4, -0.2) is 44.9 Å². The molecule has 0 fully saturated rings. The van der Waals surface area contributed by atoms with Crippen LogP contribution in [0, 0.1) is 5.41 Å². The Balaban J connectivity index is 3.36. The monoisotopic (exact) mass is 399 g/mol. The second kappa shape index (κ2) is 10.1. The Morgan fingerprint density at radius 2 is 1.74 bits per heavy atom. The molecule has 1 rings (SSSR count). The largest absolute Gasteiger partial charge is 0.492 e. The van der Waals surface area contributed by atoms with Gasteiger partial charge in [0.1, 0.15) is 10.6 Å².